The minimum Gasteiger partial charge on any atom is -1.00 e. The van der Waals surface area contributed by atoms with Gasteiger partial charge in [-0.25, -0.2) is 19.9 Å². The van der Waals surface area contributed by atoms with Crippen LogP contribution in [-0.4, -0.2) is 88.6 Å². The Kier molecular flexibility index (Phi) is 25.4. The average molecular weight is 1230 g/mol. The smallest absolute Gasteiger partial charge is 1.00 e. The number of ketones is 2. The minimum absolute atomic E-state index is 0. The van der Waals surface area contributed by atoms with Crippen LogP contribution in [0.3, 0.4) is 0 Å². The van der Waals surface area contributed by atoms with Crippen LogP contribution >= 0.6 is 11.6 Å². The second kappa shape index (κ2) is 30.0. The summed E-state index contributed by atoms with van der Waals surface area (Å²) in [5.41, 5.74) is 14.6. The molecule has 6 aromatic rings. The summed E-state index contributed by atoms with van der Waals surface area (Å²) in [6.07, 6.45) is 6.63. The molecule has 10 rings (SSSR count). The fourth-order valence-corrected chi connectivity index (χ4v) is 8.02. The van der Waals surface area contributed by atoms with E-state index in [2.05, 4.69) is 64.2 Å². The SMILES string of the molecule is C.N#CCCC(=O)c1ccc(-c2ccnc(Cl)n2)cc1.N#CCCC(=O)c1ccc(-c2ccnc(Nc3ccc(N4CC5(CCO5)C4)cc3)n2)cc1.Nc1ccc(N2CC3(CCO3)C2)cc1.O=CO[O-].[Cs+].[Cs+].[H-]. The molecule has 4 saturated heterocycles. The van der Waals surface area contributed by atoms with Gasteiger partial charge < -0.3 is 41.9 Å². The quantitative estimate of drug-likeness (QED) is 0.0420. The third-order valence-corrected chi connectivity index (χ3v) is 12.0. The molecule has 2 spiro atoms. The number of Topliss-reactive ketones (excluding diaryl/α,β-unsaturated/α-hetero) is 2. The Labute approximate surface area is 543 Å². The third-order valence-electron chi connectivity index (χ3n) is 11.8. The summed E-state index contributed by atoms with van der Waals surface area (Å²) in [7, 11) is 0. The molecule has 0 atom stereocenters. The number of hydrogen-bond acceptors (Lipinski definition) is 17. The Morgan fingerprint density at radius 2 is 1.14 bits per heavy atom. The zero-order valence-corrected chi connectivity index (χ0v) is 52.8. The molecular weight excluding hydrogens is 1180 g/mol. The summed E-state index contributed by atoms with van der Waals surface area (Å²) < 4.78 is 11.3. The molecule has 20 heteroatoms. The topological polar surface area (TPSA) is 246 Å². The van der Waals surface area contributed by atoms with Gasteiger partial charge in [0, 0.05) is 122 Å². The maximum Gasteiger partial charge on any atom is 1.00 e. The Morgan fingerprint density at radius 1 is 0.722 bits per heavy atom. The van der Waals surface area contributed by atoms with Gasteiger partial charge in [-0.05, 0) is 72.3 Å². The molecule has 3 N–H and O–H groups in total. The molecule has 0 amide bonds. The van der Waals surface area contributed by atoms with Gasteiger partial charge in [0.1, 0.15) is 11.2 Å². The number of nitrogen functional groups attached to an aromatic ring is 1. The summed E-state index contributed by atoms with van der Waals surface area (Å²) in [4.78, 5) is 56.5. The largest absolute Gasteiger partial charge is 1.00 e. The molecule has 0 radical (unpaired) electrons. The van der Waals surface area contributed by atoms with Gasteiger partial charge in [0.25, 0.3) is 6.47 Å². The zero-order valence-electron chi connectivity index (χ0n) is 40.5. The minimum atomic E-state index is -0.181. The van der Waals surface area contributed by atoms with Gasteiger partial charge in [-0.3, -0.25) is 14.4 Å². The second-order valence-electron chi connectivity index (χ2n) is 16.5. The molecule has 72 heavy (non-hydrogen) atoms. The van der Waals surface area contributed by atoms with Gasteiger partial charge in [-0.2, -0.15) is 10.5 Å². The predicted molar refractivity (Wildman–Crippen MR) is 265 cm³/mol. The first-order valence-corrected chi connectivity index (χ1v) is 22.5. The predicted octanol–water partition coefficient (Wildman–Crippen LogP) is 2.08. The second-order valence-corrected chi connectivity index (χ2v) is 16.9. The van der Waals surface area contributed by atoms with Crippen LogP contribution in [0.25, 0.3) is 22.5 Å². The molecule has 4 aliphatic rings. The van der Waals surface area contributed by atoms with Crippen molar-refractivity contribution >= 4 is 58.3 Å². The number of nitrogens with two attached hydrogens (primary N) is 1. The zero-order chi connectivity index (χ0) is 48.6. The number of carbonyl (C=O) groups excluding carboxylic acids is 3. The van der Waals surface area contributed by atoms with E-state index in [1.165, 1.54) is 17.8 Å². The number of nitrogens with zero attached hydrogens (tertiary/aromatic N) is 8. The van der Waals surface area contributed by atoms with Gasteiger partial charge in [-0.1, -0.05) is 56.0 Å². The summed E-state index contributed by atoms with van der Waals surface area (Å²) >= 11 is 5.73. The van der Waals surface area contributed by atoms with E-state index in [-0.39, 0.29) is 207 Å². The Morgan fingerprint density at radius 3 is 1.53 bits per heavy atom. The molecule has 0 aliphatic carbocycles. The van der Waals surface area contributed by atoms with Crippen LogP contribution in [0.1, 0.15) is 68.1 Å². The number of hydrogen-bond donors (Lipinski definition) is 2. The number of nitrogens with one attached hydrogen (secondary N) is 1. The average Bonchev–Trinajstić information content (AvgIpc) is 3.32. The van der Waals surface area contributed by atoms with Crippen LogP contribution in [0, 0.1) is 22.7 Å². The van der Waals surface area contributed by atoms with Crippen molar-refractivity contribution in [3.8, 4) is 34.7 Å². The van der Waals surface area contributed by atoms with E-state index in [1.54, 1.807) is 54.9 Å². The molecule has 362 valence electrons. The van der Waals surface area contributed by atoms with E-state index in [4.69, 9.17) is 47.4 Å². The number of benzene rings is 4. The van der Waals surface area contributed by atoms with Crippen molar-refractivity contribution in [3.63, 3.8) is 0 Å². The molecule has 4 fully saturated rings. The van der Waals surface area contributed by atoms with Crippen molar-refractivity contribution in [2.75, 3.05) is 60.2 Å². The normalized spacial score (nSPS) is 14.5. The van der Waals surface area contributed by atoms with E-state index < -0.39 is 0 Å². The number of rotatable bonds is 13. The first-order valence-electron chi connectivity index (χ1n) is 22.1. The number of anilines is 5. The number of ether oxygens (including phenoxy) is 2. The van der Waals surface area contributed by atoms with Crippen LogP contribution < -0.4 is 164 Å². The van der Waals surface area contributed by atoms with Crippen molar-refractivity contribution in [2.24, 2.45) is 0 Å². The van der Waals surface area contributed by atoms with Crippen molar-refractivity contribution < 1.29 is 173 Å². The maximum atomic E-state index is 12.1. The number of carbonyl (C=O) groups is 3. The van der Waals surface area contributed by atoms with Crippen molar-refractivity contribution in [1.29, 1.82) is 10.5 Å². The fourth-order valence-electron chi connectivity index (χ4n) is 7.87. The summed E-state index contributed by atoms with van der Waals surface area (Å²) in [6, 6.07) is 38.2. The molecule has 0 saturated carbocycles. The van der Waals surface area contributed by atoms with Crippen LogP contribution in [0.4, 0.5) is 28.7 Å². The molecule has 6 heterocycles. The van der Waals surface area contributed by atoms with Crippen LogP contribution in [0.15, 0.2) is 122 Å². The monoisotopic (exact) mass is 1230 g/mol. The summed E-state index contributed by atoms with van der Waals surface area (Å²) in [5.74, 6) is 0.448. The molecule has 2 aromatic heterocycles. The van der Waals surface area contributed by atoms with Gasteiger partial charge in [0.2, 0.25) is 11.2 Å². The third kappa shape index (κ3) is 16.9. The Hall–Kier alpha value is -3.70. The van der Waals surface area contributed by atoms with E-state index in [0.29, 0.717) is 22.8 Å². The molecule has 4 aromatic carbocycles. The van der Waals surface area contributed by atoms with E-state index in [0.717, 1.165) is 74.0 Å². The standard InChI is InChI=1S/C25H23N5O2.C14H10ClN3O.C11H14N2O.CH2O3.CH4.2Cs.H/c26-13-1-2-23(31)19-5-3-18(4-6-19)22-11-14-27-24(29-22)28-20-7-9-21(10-8-20)30-16-25(17-30)12-15-32-25;15-14-17-9-7-12(18-14)10-3-5-11(6-4-10)13(19)2-1-8-16;12-9-1-3-10(4-2-9)13-7-11(8-13)5-6-14-11;2-1-4-3;;;;/h3-11,14H,1-2,12,15-17H2,(H,27,28,29);3-7,9H,1-2H2;1-4H,5-8,12H2;1,3H;1H4;;;/q;;;;;2*+1;-1/p-1. The Balaban J connectivity index is 0.000000293. The molecule has 0 bridgehead atoms. The Bertz CT molecular complexity index is 2780. The number of aromatic nitrogens is 4. The first-order chi connectivity index (χ1) is 33.5. The first kappa shape index (κ1) is 60.9. The van der Waals surface area contributed by atoms with E-state index in [9.17, 15) is 9.59 Å². The van der Waals surface area contributed by atoms with Crippen LogP contribution in [0.2, 0.25) is 5.28 Å². The van der Waals surface area contributed by atoms with Crippen molar-refractivity contribution in [1.82, 2.24) is 19.9 Å². The van der Waals surface area contributed by atoms with Gasteiger partial charge >= 0.3 is 138 Å². The maximum absolute atomic E-state index is 12.1. The van der Waals surface area contributed by atoms with E-state index in [1.807, 2.05) is 54.6 Å². The van der Waals surface area contributed by atoms with Crippen LogP contribution in [-0.2, 0) is 19.2 Å². The molecule has 0 unspecified atom stereocenters. The van der Waals surface area contributed by atoms with Gasteiger partial charge in [0.15, 0.2) is 11.6 Å². The van der Waals surface area contributed by atoms with Crippen molar-refractivity contribution in [2.45, 2.75) is 57.2 Å². The molecule has 4 aliphatic heterocycles. The molecular formula is C52H53ClCs2N10O7. The van der Waals surface area contributed by atoms with Gasteiger partial charge in [-0.15, -0.1) is 0 Å². The fraction of sp³-hybridized carbons (Fsp3) is 0.288. The summed E-state index contributed by atoms with van der Waals surface area (Å²) in [5, 5.41) is 29.0. The van der Waals surface area contributed by atoms with Gasteiger partial charge in [0.05, 0.1) is 36.7 Å². The number of nitriles is 2. The summed E-state index contributed by atoms with van der Waals surface area (Å²) in [6.45, 7) is 5.66. The van der Waals surface area contributed by atoms with Crippen LogP contribution in [0.5, 0.6) is 0 Å². The van der Waals surface area contributed by atoms with Crippen molar-refractivity contribution in [3.05, 3.63) is 138 Å². The van der Waals surface area contributed by atoms with E-state index >= 15 is 0 Å². The number of halogens is 1. The molecule has 17 nitrogen and oxygen atoms in total.